The Labute approximate surface area is 140 Å². The highest BCUT2D eigenvalue weighted by Gasteiger charge is 2.16. The van der Waals surface area contributed by atoms with E-state index < -0.39 is 11.7 Å². The highest BCUT2D eigenvalue weighted by atomic mass is 35.5. The zero-order valence-corrected chi connectivity index (χ0v) is 14.4. The van der Waals surface area contributed by atoms with Crippen LogP contribution in [-0.2, 0) is 17.7 Å². The van der Waals surface area contributed by atoms with Crippen LogP contribution >= 0.6 is 11.6 Å². The van der Waals surface area contributed by atoms with Crippen molar-refractivity contribution in [2.75, 3.05) is 6.54 Å². The highest BCUT2D eigenvalue weighted by Crippen LogP contribution is 2.19. The highest BCUT2D eigenvalue weighted by molar-refractivity contribution is 6.29. The average Bonchev–Trinajstić information content (AvgIpc) is 2.75. The number of fused-ring (bicyclic) bond motifs is 1. The van der Waals surface area contributed by atoms with Gasteiger partial charge >= 0.3 is 6.09 Å². The van der Waals surface area contributed by atoms with Crippen LogP contribution in [0.4, 0.5) is 4.79 Å². The van der Waals surface area contributed by atoms with Gasteiger partial charge in [-0.25, -0.2) is 14.8 Å². The molecule has 0 aromatic carbocycles. The molecule has 0 saturated heterocycles. The molecule has 0 atom stereocenters. The summed E-state index contributed by atoms with van der Waals surface area (Å²) >= 11 is 5.97. The summed E-state index contributed by atoms with van der Waals surface area (Å²) in [6.45, 7) is 10.2. The summed E-state index contributed by atoms with van der Waals surface area (Å²) < 4.78 is 7.22. The molecule has 7 heteroatoms. The molecule has 2 aromatic heterocycles. The number of carbonyl (C=O) groups excluding carboxylic acids is 1. The maximum atomic E-state index is 11.7. The number of halogens is 1. The SMILES string of the molecule is C=CCc1nc2cnc(Cl)cc2n1CCNC(=O)OC(C)(C)C. The second-order valence-corrected chi connectivity index (χ2v) is 6.48. The van der Waals surface area contributed by atoms with Crippen molar-refractivity contribution in [3.05, 3.63) is 35.9 Å². The number of ether oxygens (including phenoxy) is 1. The van der Waals surface area contributed by atoms with Gasteiger partial charge in [0.2, 0.25) is 0 Å². The lowest BCUT2D eigenvalue weighted by Gasteiger charge is -2.19. The molecular formula is C16H21ClN4O2. The second-order valence-electron chi connectivity index (χ2n) is 6.10. The van der Waals surface area contributed by atoms with Gasteiger partial charge in [-0.3, -0.25) is 0 Å². The number of nitrogens with one attached hydrogen (secondary N) is 1. The molecular weight excluding hydrogens is 316 g/mol. The number of amides is 1. The van der Waals surface area contributed by atoms with Gasteiger partial charge in [0, 0.05) is 25.6 Å². The monoisotopic (exact) mass is 336 g/mol. The minimum absolute atomic E-state index is 0.406. The lowest BCUT2D eigenvalue weighted by Crippen LogP contribution is -2.34. The third kappa shape index (κ3) is 4.69. The van der Waals surface area contributed by atoms with Crippen LogP contribution in [0.1, 0.15) is 26.6 Å². The zero-order valence-electron chi connectivity index (χ0n) is 13.6. The molecule has 0 radical (unpaired) electrons. The quantitative estimate of drug-likeness (QED) is 0.671. The van der Waals surface area contributed by atoms with E-state index in [9.17, 15) is 4.79 Å². The van der Waals surface area contributed by atoms with Crippen molar-refractivity contribution in [1.82, 2.24) is 19.9 Å². The molecule has 0 aliphatic heterocycles. The first-order chi connectivity index (χ1) is 10.8. The molecule has 0 aliphatic carbocycles. The number of allylic oxidation sites excluding steroid dienone is 1. The number of aromatic nitrogens is 3. The molecule has 0 saturated carbocycles. The largest absolute Gasteiger partial charge is 0.444 e. The lowest BCUT2D eigenvalue weighted by atomic mass is 10.2. The first-order valence-corrected chi connectivity index (χ1v) is 7.76. The fourth-order valence-corrected chi connectivity index (χ4v) is 2.32. The summed E-state index contributed by atoms with van der Waals surface area (Å²) in [5.41, 5.74) is 1.13. The smallest absolute Gasteiger partial charge is 0.407 e. The summed E-state index contributed by atoms with van der Waals surface area (Å²) in [5.74, 6) is 0.852. The minimum Gasteiger partial charge on any atom is -0.444 e. The van der Waals surface area contributed by atoms with Gasteiger partial charge in [-0.1, -0.05) is 17.7 Å². The van der Waals surface area contributed by atoms with Crippen molar-refractivity contribution in [1.29, 1.82) is 0 Å². The van der Waals surface area contributed by atoms with E-state index in [1.807, 2.05) is 25.3 Å². The van der Waals surface area contributed by atoms with E-state index in [2.05, 4.69) is 21.9 Å². The molecule has 0 fully saturated rings. The van der Waals surface area contributed by atoms with Crippen LogP contribution < -0.4 is 5.32 Å². The predicted molar refractivity (Wildman–Crippen MR) is 90.7 cm³/mol. The van der Waals surface area contributed by atoms with Crippen LogP contribution in [0, 0.1) is 0 Å². The number of carbonyl (C=O) groups is 1. The van der Waals surface area contributed by atoms with Crippen LogP contribution in [0.5, 0.6) is 0 Å². The van der Waals surface area contributed by atoms with Gasteiger partial charge < -0.3 is 14.6 Å². The van der Waals surface area contributed by atoms with Gasteiger partial charge in [0.15, 0.2) is 0 Å². The summed E-state index contributed by atoms with van der Waals surface area (Å²) in [6, 6.07) is 1.77. The molecule has 2 rings (SSSR count). The van der Waals surface area contributed by atoms with Crippen LogP contribution in [0.3, 0.4) is 0 Å². The Balaban J connectivity index is 2.12. The van der Waals surface area contributed by atoms with Crippen molar-refractivity contribution >= 4 is 28.7 Å². The summed E-state index contributed by atoms with van der Waals surface area (Å²) in [4.78, 5) is 20.3. The summed E-state index contributed by atoms with van der Waals surface area (Å²) in [6.07, 6.45) is 3.61. The number of hydrogen-bond donors (Lipinski definition) is 1. The molecule has 0 spiro atoms. The van der Waals surface area contributed by atoms with Crippen molar-refractivity contribution in [2.45, 2.75) is 39.3 Å². The normalized spacial score (nSPS) is 11.5. The number of alkyl carbamates (subject to hydrolysis) is 1. The zero-order chi connectivity index (χ0) is 17.0. The predicted octanol–water partition coefficient (Wildman–Crippen LogP) is 3.34. The number of nitrogens with zero attached hydrogens (tertiary/aromatic N) is 3. The number of imidazole rings is 1. The molecule has 124 valence electrons. The van der Waals surface area contributed by atoms with E-state index in [1.54, 1.807) is 18.3 Å². The molecule has 2 heterocycles. The Kier molecular flexibility index (Phi) is 5.26. The Morgan fingerprint density at radius 1 is 1.52 bits per heavy atom. The Bertz CT molecular complexity index is 719. The van der Waals surface area contributed by atoms with Gasteiger partial charge in [-0.05, 0) is 20.8 Å². The van der Waals surface area contributed by atoms with Gasteiger partial charge in [-0.2, -0.15) is 0 Å². The number of rotatable bonds is 5. The van der Waals surface area contributed by atoms with E-state index in [0.717, 1.165) is 16.9 Å². The van der Waals surface area contributed by atoms with E-state index in [4.69, 9.17) is 16.3 Å². The van der Waals surface area contributed by atoms with Gasteiger partial charge in [0.05, 0.1) is 11.7 Å². The van der Waals surface area contributed by atoms with Gasteiger partial charge in [0.1, 0.15) is 22.1 Å². The van der Waals surface area contributed by atoms with Crippen LogP contribution in [0.15, 0.2) is 24.9 Å². The molecule has 1 N–H and O–H groups in total. The van der Waals surface area contributed by atoms with Crippen LogP contribution in [0.25, 0.3) is 11.0 Å². The minimum atomic E-state index is -0.515. The standard InChI is InChI=1S/C16H21ClN4O2/c1-5-6-14-20-11-10-19-13(17)9-12(11)21(14)8-7-18-15(22)23-16(2,3)4/h5,9-10H,1,6-8H2,2-4H3,(H,18,22). The van der Waals surface area contributed by atoms with Gasteiger partial charge in [-0.15, -0.1) is 6.58 Å². The molecule has 1 amide bonds. The first kappa shape index (κ1) is 17.3. The Morgan fingerprint density at radius 3 is 2.91 bits per heavy atom. The molecule has 0 bridgehead atoms. The topological polar surface area (TPSA) is 69.0 Å². The van der Waals surface area contributed by atoms with Gasteiger partial charge in [0.25, 0.3) is 0 Å². The van der Waals surface area contributed by atoms with Crippen molar-refractivity contribution in [3.63, 3.8) is 0 Å². The molecule has 0 unspecified atom stereocenters. The summed E-state index contributed by atoms with van der Waals surface area (Å²) in [7, 11) is 0. The lowest BCUT2D eigenvalue weighted by molar-refractivity contribution is 0.0526. The molecule has 0 aliphatic rings. The first-order valence-electron chi connectivity index (χ1n) is 7.38. The Hall–Kier alpha value is -2.08. The third-order valence-electron chi connectivity index (χ3n) is 3.01. The summed E-state index contributed by atoms with van der Waals surface area (Å²) in [5, 5.41) is 3.15. The third-order valence-corrected chi connectivity index (χ3v) is 3.22. The van der Waals surface area contributed by atoms with Crippen LogP contribution in [0.2, 0.25) is 5.15 Å². The van der Waals surface area contributed by atoms with Crippen LogP contribution in [-0.4, -0.2) is 32.8 Å². The van der Waals surface area contributed by atoms with E-state index in [-0.39, 0.29) is 0 Å². The average molecular weight is 337 g/mol. The number of hydrogen-bond acceptors (Lipinski definition) is 4. The molecule has 2 aromatic rings. The maximum Gasteiger partial charge on any atom is 0.407 e. The van der Waals surface area contributed by atoms with E-state index in [0.29, 0.717) is 24.7 Å². The molecule has 23 heavy (non-hydrogen) atoms. The van der Waals surface area contributed by atoms with Crippen molar-refractivity contribution < 1.29 is 9.53 Å². The Morgan fingerprint density at radius 2 is 2.26 bits per heavy atom. The number of pyridine rings is 1. The van der Waals surface area contributed by atoms with E-state index >= 15 is 0 Å². The maximum absolute atomic E-state index is 11.7. The van der Waals surface area contributed by atoms with Crippen molar-refractivity contribution in [2.24, 2.45) is 0 Å². The van der Waals surface area contributed by atoms with Crippen molar-refractivity contribution in [3.8, 4) is 0 Å². The fraction of sp³-hybridized carbons (Fsp3) is 0.438. The second kappa shape index (κ2) is 7.00. The fourth-order valence-electron chi connectivity index (χ4n) is 2.17. The van der Waals surface area contributed by atoms with E-state index in [1.165, 1.54) is 0 Å². The molecule has 6 nitrogen and oxygen atoms in total.